The summed E-state index contributed by atoms with van der Waals surface area (Å²) in [4.78, 5) is 35.4. The van der Waals surface area contributed by atoms with Crippen molar-refractivity contribution in [3.8, 4) is 5.75 Å². The number of unbranched alkanes of at least 4 members (excludes halogenated alkanes) is 3. The van der Waals surface area contributed by atoms with Gasteiger partial charge in [-0.25, -0.2) is 4.79 Å². The molecule has 0 aromatic heterocycles. The molecule has 1 aromatic carbocycles. The van der Waals surface area contributed by atoms with Gasteiger partial charge >= 0.3 is 5.97 Å². The van der Waals surface area contributed by atoms with Crippen LogP contribution in [0.15, 0.2) is 42.5 Å². The maximum Gasteiger partial charge on any atom is 0.330 e. The van der Waals surface area contributed by atoms with Crippen LogP contribution < -0.4 is 4.74 Å². The fourth-order valence-corrected chi connectivity index (χ4v) is 2.60. The normalized spacial score (nSPS) is 13.6. The second kappa shape index (κ2) is 11.0. The zero-order chi connectivity index (χ0) is 19.5. The predicted octanol–water partition coefficient (Wildman–Crippen LogP) is 3.13. The molecular weight excluding hydrogens is 346 g/mol. The van der Waals surface area contributed by atoms with E-state index in [2.05, 4.69) is 0 Å². The van der Waals surface area contributed by atoms with E-state index in [0.717, 1.165) is 37.0 Å². The van der Waals surface area contributed by atoms with Crippen molar-refractivity contribution >= 4 is 23.9 Å². The highest BCUT2D eigenvalue weighted by atomic mass is 16.5. The van der Waals surface area contributed by atoms with Gasteiger partial charge in [0.25, 0.3) is 11.8 Å². The monoisotopic (exact) mass is 371 g/mol. The summed E-state index contributed by atoms with van der Waals surface area (Å²) in [6.07, 6.45) is 9.36. The molecule has 0 atom stereocenters. The van der Waals surface area contributed by atoms with E-state index in [0.29, 0.717) is 19.8 Å². The molecule has 0 fully saturated rings. The first-order valence-electron chi connectivity index (χ1n) is 9.21. The second-order valence-electron chi connectivity index (χ2n) is 6.08. The van der Waals surface area contributed by atoms with Crippen molar-refractivity contribution < 1.29 is 23.9 Å². The molecular formula is C21H25NO5. The number of hydrogen-bond acceptors (Lipinski definition) is 5. The van der Waals surface area contributed by atoms with Crippen molar-refractivity contribution in [1.82, 2.24) is 4.90 Å². The molecule has 27 heavy (non-hydrogen) atoms. The summed E-state index contributed by atoms with van der Waals surface area (Å²) in [5.41, 5.74) is 0.899. The number of ether oxygens (including phenoxy) is 2. The first-order valence-corrected chi connectivity index (χ1v) is 9.21. The highest BCUT2D eigenvalue weighted by Crippen LogP contribution is 2.14. The van der Waals surface area contributed by atoms with Gasteiger partial charge in [0.2, 0.25) is 0 Å². The van der Waals surface area contributed by atoms with Gasteiger partial charge in [-0.05, 0) is 43.5 Å². The zero-order valence-corrected chi connectivity index (χ0v) is 15.6. The van der Waals surface area contributed by atoms with Crippen LogP contribution in [0.25, 0.3) is 6.08 Å². The lowest BCUT2D eigenvalue weighted by molar-refractivity contribution is -0.138. The van der Waals surface area contributed by atoms with Gasteiger partial charge in [0.1, 0.15) is 5.75 Å². The van der Waals surface area contributed by atoms with Crippen LogP contribution in [-0.4, -0.2) is 42.4 Å². The van der Waals surface area contributed by atoms with Crippen molar-refractivity contribution in [1.29, 1.82) is 0 Å². The smallest absolute Gasteiger partial charge is 0.330 e. The number of hydrogen-bond donors (Lipinski definition) is 0. The number of nitrogens with zero attached hydrogens (tertiary/aromatic N) is 1. The minimum absolute atomic E-state index is 0.219. The molecule has 0 unspecified atom stereocenters. The quantitative estimate of drug-likeness (QED) is 0.259. The second-order valence-corrected chi connectivity index (χ2v) is 6.08. The van der Waals surface area contributed by atoms with E-state index in [1.54, 1.807) is 13.0 Å². The molecule has 1 aliphatic heterocycles. The van der Waals surface area contributed by atoms with E-state index in [1.807, 2.05) is 24.3 Å². The Morgan fingerprint density at radius 2 is 1.67 bits per heavy atom. The Morgan fingerprint density at radius 1 is 1.00 bits per heavy atom. The summed E-state index contributed by atoms with van der Waals surface area (Å²) in [6, 6.07) is 7.48. The zero-order valence-electron chi connectivity index (χ0n) is 15.6. The number of esters is 1. The van der Waals surface area contributed by atoms with Crippen molar-refractivity contribution in [2.24, 2.45) is 0 Å². The first-order chi connectivity index (χ1) is 13.1. The average molecular weight is 371 g/mol. The lowest BCUT2D eigenvalue weighted by Crippen LogP contribution is -2.30. The molecule has 0 bridgehead atoms. The molecule has 144 valence electrons. The third-order valence-corrected chi connectivity index (χ3v) is 4.02. The van der Waals surface area contributed by atoms with Crippen molar-refractivity contribution in [3.63, 3.8) is 0 Å². The van der Waals surface area contributed by atoms with Crippen LogP contribution >= 0.6 is 0 Å². The summed E-state index contributed by atoms with van der Waals surface area (Å²) in [5.74, 6) is -0.0112. The molecule has 0 saturated carbocycles. The molecule has 1 heterocycles. The van der Waals surface area contributed by atoms with Crippen LogP contribution in [0, 0.1) is 0 Å². The average Bonchev–Trinajstić information content (AvgIpc) is 2.98. The maximum atomic E-state index is 11.4. The molecule has 0 saturated heterocycles. The van der Waals surface area contributed by atoms with E-state index in [4.69, 9.17) is 9.47 Å². The Morgan fingerprint density at radius 3 is 2.33 bits per heavy atom. The number of imide groups is 1. The van der Waals surface area contributed by atoms with Gasteiger partial charge < -0.3 is 9.47 Å². The first kappa shape index (κ1) is 20.4. The van der Waals surface area contributed by atoms with Gasteiger partial charge in [0.05, 0.1) is 13.2 Å². The van der Waals surface area contributed by atoms with Crippen molar-refractivity contribution in [3.05, 3.63) is 48.1 Å². The maximum absolute atomic E-state index is 11.4. The standard InChI is InChI=1S/C21H25NO5/c1-2-26-21(25)14-9-17-7-10-18(11-8-17)27-16-6-4-3-5-15-22-19(23)12-13-20(22)24/h7-14H,2-6,15-16H2,1H3. The molecule has 2 amide bonds. The van der Waals surface area contributed by atoms with Crippen molar-refractivity contribution in [2.45, 2.75) is 32.6 Å². The van der Waals surface area contributed by atoms with E-state index in [1.165, 1.54) is 23.1 Å². The molecule has 2 rings (SSSR count). The van der Waals surface area contributed by atoms with E-state index < -0.39 is 0 Å². The Balaban J connectivity index is 1.57. The number of carbonyl (C=O) groups is 3. The lowest BCUT2D eigenvalue weighted by atomic mass is 10.2. The van der Waals surface area contributed by atoms with E-state index in [-0.39, 0.29) is 17.8 Å². The van der Waals surface area contributed by atoms with Crippen LogP contribution in [0.2, 0.25) is 0 Å². The molecule has 0 N–H and O–H groups in total. The molecule has 1 aliphatic rings. The fraction of sp³-hybridized carbons (Fsp3) is 0.381. The van der Waals surface area contributed by atoms with Gasteiger partial charge in [-0.2, -0.15) is 0 Å². The summed E-state index contributed by atoms with van der Waals surface area (Å²) < 4.78 is 10.5. The SMILES string of the molecule is CCOC(=O)C=Cc1ccc(OCCCCCCN2C(=O)C=CC2=O)cc1. The number of amides is 2. The summed E-state index contributed by atoms with van der Waals surface area (Å²) in [5, 5.41) is 0. The number of carbonyl (C=O) groups excluding carboxylic acids is 3. The van der Waals surface area contributed by atoms with Crippen LogP contribution in [-0.2, 0) is 19.1 Å². The highest BCUT2D eigenvalue weighted by molar-refractivity contribution is 6.12. The summed E-state index contributed by atoms with van der Waals surface area (Å²) in [6.45, 7) is 3.22. The van der Waals surface area contributed by atoms with Crippen LogP contribution in [0.4, 0.5) is 0 Å². The van der Waals surface area contributed by atoms with Crippen LogP contribution in [0.5, 0.6) is 5.75 Å². The van der Waals surface area contributed by atoms with Gasteiger partial charge in [-0.1, -0.05) is 25.0 Å². The van der Waals surface area contributed by atoms with E-state index >= 15 is 0 Å². The van der Waals surface area contributed by atoms with Gasteiger partial charge in [0, 0.05) is 24.8 Å². The number of rotatable bonds is 11. The van der Waals surface area contributed by atoms with Crippen molar-refractivity contribution in [2.75, 3.05) is 19.8 Å². The molecule has 6 nitrogen and oxygen atoms in total. The lowest BCUT2D eigenvalue weighted by Gasteiger charge is -2.13. The third-order valence-electron chi connectivity index (χ3n) is 4.02. The summed E-state index contributed by atoms with van der Waals surface area (Å²) >= 11 is 0. The largest absolute Gasteiger partial charge is 0.494 e. The minimum atomic E-state index is -0.354. The predicted molar refractivity (Wildman–Crippen MR) is 102 cm³/mol. The molecule has 6 heteroatoms. The minimum Gasteiger partial charge on any atom is -0.494 e. The Labute approximate surface area is 159 Å². The molecule has 1 aromatic rings. The molecule has 0 radical (unpaired) electrons. The summed E-state index contributed by atoms with van der Waals surface area (Å²) in [7, 11) is 0. The molecule has 0 aliphatic carbocycles. The Bertz CT molecular complexity index is 688. The van der Waals surface area contributed by atoms with Gasteiger partial charge in [0.15, 0.2) is 0 Å². The third kappa shape index (κ3) is 7.09. The Hall–Kier alpha value is -2.89. The molecule has 0 spiro atoms. The number of benzene rings is 1. The topological polar surface area (TPSA) is 72.9 Å². The highest BCUT2D eigenvalue weighted by Gasteiger charge is 2.21. The Kier molecular flexibility index (Phi) is 8.29. The van der Waals surface area contributed by atoms with Gasteiger partial charge in [-0.3, -0.25) is 14.5 Å². The fourth-order valence-electron chi connectivity index (χ4n) is 2.60. The van der Waals surface area contributed by atoms with E-state index in [9.17, 15) is 14.4 Å². The van der Waals surface area contributed by atoms with Crippen LogP contribution in [0.1, 0.15) is 38.2 Å². The van der Waals surface area contributed by atoms with Gasteiger partial charge in [-0.15, -0.1) is 0 Å². The van der Waals surface area contributed by atoms with Crippen LogP contribution in [0.3, 0.4) is 0 Å².